The molecule has 0 saturated heterocycles. The van der Waals surface area contributed by atoms with Crippen LogP contribution in [-0.4, -0.2) is 38.1 Å². The standard InChI is InChI=1S/C11H22N2O2S/c1-13(11(8-12)10-4-5-10)16(14,15)7-6-9-2-3-9/h9-11H,2-8,12H2,1H3. The minimum Gasteiger partial charge on any atom is -0.329 e. The second-order valence-electron chi connectivity index (χ2n) is 5.20. The maximum absolute atomic E-state index is 12.1. The van der Waals surface area contributed by atoms with Crippen molar-refractivity contribution in [3.05, 3.63) is 0 Å². The van der Waals surface area contributed by atoms with Crippen molar-refractivity contribution in [2.75, 3.05) is 19.3 Å². The first-order valence-corrected chi connectivity index (χ1v) is 7.81. The number of nitrogens with zero attached hydrogens (tertiary/aromatic N) is 1. The van der Waals surface area contributed by atoms with Crippen molar-refractivity contribution < 1.29 is 8.42 Å². The van der Waals surface area contributed by atoms with E-state index in [1.54, 1.807) is 7.05 Å². The Bertz CT molecular complexity index is 334. The van der Waals surface area contributed by atoms with Crippen LogP contribution in [0.2, 0.25) is 0 Å². The summed E-state index contributed by atoms with van der Waals surface area (Å²) in [5.74, 6) is 1.48. The third-order valence-corrected chi connectivity index (χ3v) is 5.69. The number of sulfonamides is 1. The Kier molecular flexibility index (Phi) is 3.56. The zero-order valence-electron chi connectivity index (χ0n) is 9.93. The van der Waals surface area contributed by atoms with E-state index < -0.39 is 10.0 Å². The van der Waals surface area contributed by atoms with Crippen molar-refractivity contribution in [2.45, 2.75) is 38.1 Å². The molecule has 2 rings (SSSR count). The van der Waals surface area contributed by atoms with E-state index in [2.05, 4.69) is 0 Å². The van der Waals surface area contributed by atoms with Gasteiger partial charge in [0.05, 0.1) is 5.75 Å². The molecular weight excluding hydrogens is 224 g/mol. The van der Waals surface area contributed by atoms with E-state index in [1.165, 1.54) is 17.1 Å². The third kappa shape index (κ3) is 2.96. The minimum atomic E-state index is -3.08. The van der Waals surface area contributed by atoms with Crippen molar-refractivity contribution in [2.24, 2.45) is 17.6 Å². The summed E-state index contributed by atoms with van der Waals surface area (Å²) in [5, 5.41) is 0. The Morgan fingerprint density at radius 3 is 2.38 bits per heavy atom. The topological polar surface area (TPSA) is 63.4 Å². The van der Waals surface area contributed by atoms with Crippen LogP contribution in [0.25, 0.3) is 0 Å². The summed E-state index contributed by atoms with van der Waals surface area (Å²) < 4.78 is 25.7. The van der Waals surface area contributed by atoms with Crippen molar-refractivity contribution in [1.82, 2.24) is 4.31 Å². The fourth-order valence-corrected chi connectivity index (χ4v) is 3.78. The van der Waals surface area contributed by atoms with Crippen LogP contribution in [0.15, 0.2) is 0 Å². The Morgan fingerprint density at radius 1 is 1.31 bits per heavy atom. The maximum Gasteiger partial charge on any atom is 0.214 e. The summed E-state index contributed by atoms with van der Waals surface area (Å²) >= 11 is 0. The van der Waals surface area contributed by atoms with E-state index in [9.17, 15) is 8.42 Å². The summed E-state index contributed by atoms with van der Waals surface area (Å²) in [4.78, 5) is 0. The van der Waals surface area contributed by atoms with Crippen molar-refractivity contribution in [1.29, 1.82) is 0 Å². The lowest BCUT2D eigenvalue weighted by Gasteiger charge is -2.26. The van der Waals surface area contributed by atoms with Crippen molar-refractivity contribution in [3.8, 4) is 0 Å². The summed E-state index contributed by atoms with van der Waals surface area (Å²) in [6.07, 6.45) is 5.51. The first-order valence-electron chi connectivity index (χ1n) is 6.20. The molecule has 2 saturated carbocycles. The molecule has 4 nitrogen and oxygen atoms in total. The molecule has 94 valence electrons. The highest BCUT2D eigenvalue weighted by Gasteiger charge is 2.37. The first kappa shape index (κ1) is 12.3. The number of likely N-dealkylation sites (N-methyl/N-ethyl adjacent to an activating group) is 1. The summed E-state index contributed by atoms with van der Waals surface area (Å²) in [6.45, 7) is 0.448. The lowest BCUT2D eigenvalue weighted by molar-refractivity contribution is 0.340. The molecule has 0 amide bonds. The molecule has 2 N–H and O–H groups in total. The first-order chi connectivity index (χ1) is 7.54. The van der Waals surface area contributed by atoms with Gasteiger partial charge in [0.1, 0.15) is 0 Å². The van der Waals surface area contributed by atoms with Gasteiger partial charge < -0.3 is 5.73 Å². The lowest BCUT2D eigenvalue weighted by Crippen LogP contribution is -2.44. The lowest BCUT2D eigenvalue weighted by atomic mass is 10.2. The van der Waals surface area contributed by atoms with Crippen LogP contribution in [0.4, 0.5) is 0 Å². The zero-order valence-corrected chi connectivity index (χ0v) is 10.7. The van der Waals surface area contributed by atoms with E-state index in [1.807, 2.05) is 0 Å². The molecule has 0 aromatic heterocycles. The van der Waals surface area contributed by atoms with Gasteiger partial charge in [-0.3, -0.25) is 0 Å². The van der Waals surface area contributed by atoms with Gasteiger partial charge in [-0.25, -0.2) is 12.7 Å². The Hall–Kier alpha value is -0.130. The zero-order chi connectivity index (χ0) is 11.8. The maximum atomic E-state index is 12.1. The van der Waals surface area contributed by atoms with E-state index >= 15 is 0 Å². The van der Waals surface area contributed by atoms with Crippen LogP contribution in [0.1, 0.15) is 32.1 Å². The number of rotatable bonds is 7. The average molecular weight is 246 g/mol. The summed E-state index contributed by atoms with van der Waals surface area (Å²) in [7, 11) is -1.39. The van der Waals surface area contributed by atoms with Crippen LogP contribution < -0.4 is 5.73 Å². The normalized spacial score (nSPS) is 23.7. The van der Waals surface area contributed by atoms with Gasteiger partial charge in [-0.05, 0) is 31.1 Å². The van der Waals surface area contributed by atoms with Crippen molar-refractivity contribution in [3.63, 3.8) is 0 Å². The summed E-state index contributed by atoms with van der Waals surface area (Å²) in [5.41, 5.74) is 5.67. The van der Waals surface area contributed by atoms with Gasteiger partial charge in [0.15, 0.2) is 0 Å². The van der Waals surface area contributed by atoms with Gasteiger partial charge in [0, 0.05) is 19.6 Å². The Balaban J connectivity index is 1.91. The van der Waals surface area contributed by atoms with Gasteiger partial charge >= 0.3 is 0 Å². The van der Waals surface area contributed by atoms with E-state index in [-0.39, 0.29) is 6.04 Å². The largest absolute Gasteiger partial charge is 0.329 e. The SMILES string of the molecule is CN(C(CN)C1CC1)S(=O)(=O)CCC1CC1. The Labute approximate surface area is 98.2 Å². The molecule has 0 heterocycles. The number of hydrogen-bond acceptors (Lipinski definition) is 3. The van der Waals surface area contributed by atoms with E-state index in [0.29, 0.717) is 24.1 Å². The number of hydrogen-bond donors (Lipinski definition) is 1. The molecule has 0 aromatic rings. The van der Waals surface area contributed by atoms with Crippen LogP contribution >= 0.6 is 0 Å². The second kappa shape index (κ2) is 4.63. The van der Waals surface area contributed by atoms with Gasteiger partial charge in [0.2, 0.25) is 10.0 Å². The highest BCUT2D eigenvalue weighted by molar-refractivity contribution is 7.89. The van der Waals surface area contributed by atoms with Crippen LogP contribution in [0.3, 0.4) is 0 Å². The molecule has 0 spiro atoms. The molecule has 2 aliphatic carbocycles. The quantitative estimate of drug-likeness (QED) is 0.722. The molecule has 0 aliphatic heterocycles. The van der Waals surface area contributed by atoms with Crippen LogP contribution in [0, 0.1) is 11.8 Å². The summed E-state index contributed by atoms with van der Waals surface area (Å²) in [6, 6.07) is 0.0317. The molecule has 16 heavy (non-hydrogen) atoms. The molecule has 0 bridgehead atoms. The Morgan fingerprint density at radius 2 is 1.94 bits per heavy atom. The van der Waals surface area contributed by atoms with Gasteiger partial charge in [-0.2, -0.15) is 0 Å². The molecule has 0 radical (unpaired) electrons. The highest BCUT2D eigenvalue weighted by Crippen LogP contribution is 2.36. The molecule has 2 fully saturated rings. The molecule has 2 aliphatic rings. The van der Waals surface area contributed by atoms with Gasteiger partial charge in [0.25, 0.3) is 0 Å². The molecule has 1 atom stereocenters. The van der Waals surface area contributed by atoms with Crippen LogP contribution in [-0.2, 0) is 10.0 Å². The highest BCUT2D eigenvalue weighted by atomic mass is 32.2. The average Bonchev–Trinajstić information content (AvgIpc) is 3.09. The molecule has 5 heteroatoms. The fourth-order valence-electron chi connectivity index (χ4n) is 2.19. The second-order valence-corrected chi connectivity index (χ2v) is 7.35. The molecule has 1 unspecified atom stereocenters. The minimum absolute atomic E-state index is 0.0317. The van der Waals surface area contributed by atoms with Gasteiger partial charge in [-0.1, -0.05) is 12.8 Å². The smallest absolute Gasteiger partial charge is 0.214 e. The van der Waals surface area contributed by atoms with Crippen LogP contribution in [0.5, 0.6) is 0 Å². The fraction of sp³-hybridized carbons (Fsp3) is 1.00. The van der Waals surface area contributed by atoms with Gasteiger partial charge in [-0.15, -0.1) is 0 Å². The van der Waals surface area contributed by atoms with E-state index in [4.69, 9.17) is 5.73 Å². The molecular formula is C11H22N2O2S. The van der Waals surface area contributed by atoms with Crippen molar-refractivity contribution >= 4 is 10.0 Å². The molecule has 0 aromatic carbocycles. The number of nitrogens with two attached hydrogens (primary N) is 1. The predicted octanol–water partition coefficient (Wildman–Crippen LogP) is 0.785. The monoisotopic (exact) mass is 246 g/mol. The van der Waals surface area contributed by atoms with E-state index in [0.717, 1.165) is 19.3 Å². The predicted molar refractivity (Wildman–Crippen MR) is 64.5 cm³/mol. The third-order valence-electron chi connectivity index (χ3n) is 3.79.